The average molecular weight is 387 g/mol. The van der Waals surface area contributed by atoms with Crippen molar-refractivity contribution >= 4 is 29.1 Å². The molecule has 0 unspecified atom stereocenters. The Morgan fingerprint density at radius 2 is 2.19 bits per heavy atom. The van der Waals surface area contributed by atoms with Crippen LogP contribution in [-0.2, 0) is 4.79 Å². The molecule has 0 spiro atoms. The summed E-state index contributed by atoms with van der Waals surface area (Å²) in [5.74, 6) is 0.733. The summed E-state index contributed by atoms with van der Waals surface area (Å²) < 4.78 is 11.2. The normalized spacial score (nSPS) is 15.6. The highest BCUT2D eigenvalue weighted by molar-refractivity contribution is 7.10. The zero-order valence-electron chi connectivity index (χ0n) is 15.1. The van der Waals surface area contributed by atoms with Crippen molar-refractivity contribution in [2.45, 2.75) is 19.9 Å². The Kier molecular flexibility index (Phi) is 5.93. The minimum absolute atomic E-state index is 0.118. The summed E-state index contributed by atoms with van der Waals surface area (Å²) in [7, 11) is 0. The van der Waals surface area contributed by atoms with E-state index in [0.29, 0.717) is 17.1 Å². The van der Waals surface area contributed by atoms with E-state index < -0.39 is 0 Å². The molecule has 1 aromatic carbocycles. The number of carbonyl (C=O) groups excluding carboxylic acids is 2. The first-order valence-electron chi connectivity index (χ1n) is 8.62. The van der Waals surface area contributed by atoms with Crippen LogP contribution in [0.3, 0.4) is 0 Å². The van der Waals surface area contributed by atoms with Gasteiger partial charge in [-0.3, -0.25) is 9.59 Å². The molecule has 2 heterocycles. The summed E-state index contributed by atoms with van der Waals surface area (Å²) >= 11 is 1.52. The van der Waals surface area contributed by atoms with Crippen molar-refractivity contribution in [3.8, 4) is 11.5 Å². The standard InChI is InChI=1S/C20H21NO5S/c1-12(2)16(10-22)21-19(23)11-25-13-5-6-15-17(8-13)26-18(20(15)24)9-14-4-3-7-27-14/h3-9,12,16,22H,10-11H2,1-2H3,(H,21,23)/t16-/m1/s1. The molecule has 0 radical (unpaired) electrons. The molecule has 1 amide bonds. The van der Waals surface area contributed by atoms with Crippen LogP contribution in [0.5, 0.6) is 11.5 Å². The van der Waals surface area contributed by atoms with E-state index in [0.717, 1.165) is 4.88 Å². The van der Waals surface area contributed by atoms with Crippen molar-refractivity contribution in [3.05, 3.63) is 51.9 Å². The third-order valence-electron chi connectivity index (χ3n) is 4.18. The maximum Gasteiger partial charge on any atom is 0.258 e. The van der Waals surface area contributed by atoms with E-state index in [1.807, 2.05) is 31.4 Å². The largest absolute Gasteiger partial charge is 0.484 e. The Bertz CT molecular complexity index is 857. The number of aliphatic hydroxyl groups is 1. The van der Waals surface area contributed by atoms with Gasteiger partial charge in [0.15, 0.2) is 12.4 Å². The number of allylic oxidation sites excluding steroid dienone is 1. The Morgan fingerprint density at radius 3 is 2.85 bits per heavy atom. The van der Waals surface area contributed by atoms with Crippen LogP contribution in [-0.4, -0.2) is 36.1 Å². The number of benzene rings is 1. The van der Waals surface area contributed by atoms with Gasteiger partial charge in [0.1, 0.15) is 11.5 Å². The van der Waals surface area contributed by atoms with Gasteiger partial charge >= 0.3 is 0 Å². The predicted octanol–water partition coefficient (Wildman–Crippen LogP) is 2.88. The lowest BCUT2D eigenvalue weighted by Gasteiger charge is -2.19. The molecule has 0 bridgehead atoms. The minimum atomic E-state index is -0.321. The van der Waals surface area contributed by atoms with Crippen LogP contribution in [0, 0.1) is 5.92 Å². The lowest BCUT2D eigenvalue weighted by Crippen LogP contribution is -2.43. The smallest absolute Gasteiger partial charge is 0.258 e. The molecule has 0 saturated carbocycles. The van der Waals surface area contributed by atoms with Gasteiger partial charge in [-0.05, 0) is 29.5 Å². The predicted molar refractivity (Wildman–Crippen MR) is 103 cm³/mol. The van der Waals surface area contributed by atoms with Crippen molar-refractivity contribution < 1.29 is 24.2 Å². The molecule has 0 aliphatic carbocycles. The molecule has 1 aliphatic rings. The van der Waals surface area contributed by atoms with Gasteiger partial charge in [-0.1, -0.05) is 19.9 Å². The molecular weight excluding hydrogens is 366 g/mol. The first kappa shape index (κ1) is 19.1. The maximum atomic E-state index is 12.4. The summed E-state index contributed by atoms with van der Waals surface area (Å²) in [5, 5.41) is 13.9. The first-order valence-corrected chi connectivity index (χ1v) is 9.50. The van der Waals surface area contributed by atoms with E-state index in [1.54, 1.807) is 24.3 Å². The quantitative estimate of drug-likeness (QED) is 0.714. The third kappa shape index (κ3) is 4.56. The van der Waals surface area contributed by atoms with Crippen molar-refractivity contribution in [1.82, 2.24) is 5.32 Å². The number of ketones is 1. The number of fused-ring (bicyclic) bond motifs is 1. The molecule has 0 fully saturated rings. The van der Waals surface area contributed by atoms with E-state index in [4.69, 9.17) is 9.47 Å². The number of amides is 1. The highest BCUT2D eigenvalue weighted by atomic mass is 32.1. The number of Topliss-reactive ketones (excluding diaryl/α,β-unsaturated/α-hetero) is 1. The fourth-order valence-electron chi connectivity index (χ4n) is 2.58. The van der Waals surface area contributed by atoms with Gasteiger partial charge < -0.3 is 19.9 Å². The van der Waals surface area contributed by atoms with E-state index in [9.17, 15) is 14.7 Å². The molecule has 142 valence electrons. The maximum absolute atomic E-state index is 12.4. The molecule has 0 saturated heterocycles. The van der Waals surface area contributed by atoms with Gasteiger partial charge in [0.25, 0.3) is 5.91 Å². The molecule has 1 atom stereocenters. The first-order chi connectivity index (χ1) is 13.0. The van der Waals surface area contributed by atoms with E-state index >= 15 is 0 Å². The van der Waals surface area contributed by atoms with Gasteiger partial charge in [0, 0.05) is 17.0 Å². The number of hydrogen-bond donors (Lipinski definition) is 2. The monoisotopic (exact) mass is 387 g/mol. The van der Waals surface area contributed by atoms with Crippen molar-refractivity contribution in [2.24, 2.45) is 5.92 Å². The number of thiophene rings is 1. The molecule has 2 N–H and O–H groups in total. The van der Waals surface area contributed by atoms with E-state index in [2.05, 4.69) is 5.32 Å². The molecular formula is C20H21NO5S. The fraction of sp³-hybridized carbons (Fsp3) is 0.300. The van der Waals surface area contributed by atoms with Crippen molar-refractivity contribution in [1.29, 1.82) is 0 Å². The number of nitrogens with one attached hydrogen (secondary N) is 1. The summed E-state index contributed by atoms with van der Waals surface area (Å²) in [6.07, 6.45) is 1.71. The van der Waals surface area contributed by atoms with E-state index in [1.165, 1.54) is 11.3 Å². The second-order valence-corrected chi connectivity index (χ2v) is 7.48. The number of ether oxygens (including phenoxy) is 2. The summed E-state index contributed by atoms with van der Waals surface area (Å²) in [6, 6.07) is 8.36. The molecule has 7 heteroatoms. The Morgan fingerprint density at radius 1 is 1.37 bits per heavy atom. The van der Waals surface area contributed by atoms with Gasteiger partial charge in [0.2, 0.25) is 5.78 Å². The zero-order chi connectivity index (χ0) is 19.4. The summed E-state index contributed by atoms with van der Waals surface area (Å²) in [5.41, 5.74) is 0.467. The summed E-state index contributed by atoms with van der Waals surface area (Å²) in [4.78, 5) is 25.3. The van der Waals surface area contributed by atoms with Crippen LogP contribution in [0.2, 0.25) is 0 Å². The number of carbonyl (C=O) groups is 2. The van der Waals surface area contributed by atoms with Gasteiger partial charge in [-0.2, -0.15) is 0 Å². The third-order valence-corrected chi connectivity index (χ3v) is 5.00. The van der Waals surface area contributed by atoms with E-state index in [-0.39, 0.29) is 42.6 Å². The number of rotatable bonds is 7. The molecule has 27 heavy (non-hydrogen) atoms. The van der Waals surface area contributed by atoms with Gasteiger partial charge in [-0.25, -0.2) is 0 Å². The zero-order valence-corrected chi connectivity index (χ0v) is 15.9. The highest BCUT2D eigenvalue weighted by Crippen LogP contribution is 2.35. The summed E-state index contributed by atoms with van der Waals surface area (Å²) in [6.45, 7) is 3.52. The number of aliphatic hydroxyl groups excluding tert-OH is 1. The molecule has 1 aliphatic heterocycles. The molecule has 3 rings (SSSR count). The van der Waals surface area contributed by atoms with Crippen LogP contribution in [0.4, 0.5) is 0 Å². The van der Waals surface area contributed by atoms with Crippen molar-refractivity contribution in [2.75, 3.05) is 13.2 Å². The molecule has 6 nitrogen and oxygen atoms in total. The SMILES string of the molecule is CC(C)[C@@H](CO)NC(=O)COc1ccc2c(c1)OC(=Cc1cccs1)C2=O. The molecule has 2 aromatic rings. The molecule has 1 aromatic heterocycles. The van der Waals surface area contributed by atoms with Crippen LogP contribution in [0.25, 0.3) is 6.08 Å². The van der Waals surface area contributed by atoms with Gasteiger partial charge in [-0.15, -0.1) is 11.3 Å². The van der Waals surface area contributed by atoms with Crippen LogP contribution in [0.1, 0.15) is 29.1 Å². The van der Waals surface area contributed by atoms with Crippen LogP contribution >= 0.6 is 11.3 Å². The lowest BCUT2D eigenvalue weighted by atomic mass is 10.1. The minimum Gasteiger partial charge on any atom is -0.484 e. The lowest BCUT2D eigenvalue weighted by molar-refractivity contribution is -0.124. The Hall–Kier alpha value is -2.64. The van der Waals surface area contributed by atoms with Crippen LogP contribution < -0.4 is 14.8 Å². The highest BCUT2D eigenvalue weighted by Gasteiger charge is 2.28. The Balaban J connectivity index is 1.63. The van der Waals surface area contributed by atoms with Gasteiger partial charge in [0.05, 0.1) is 18.2 Å². The number of hydrogen-bond acceptors (Lipinski definition) is 6. The Labute approximate surface area is 161 Å². The fourth-order valence-corrected chi connectivity index (χ4v) is 3.23. The second-order valence-electron chi connectivity index (χ2n) is 6.50. The van der Waals surface area contributed by atoms with Crippen LogP contribution in [0.15, 0.2) is 41.5 Å². The average Bonchev–Trinajstić information content (AvgIpc) is 3.26. The second kappa shape index (κ2) is 8.37. The van der Waals surface area contributed by atoms with Crippen molar-refractivity contribution in [3.63, 3.8) is 0 Å². The topological polar surface area (TPSA) is 84.9 Å².